The fraction of sp³-hybridized carbons (Fsp3) is 0.0606. The summed E-state index contributed by atoms with van der Waals surface area (Å²) in [6, 6.07) is 28.3. The molecule has 0 aliphatic carbocycles. The Morgan fingerprint density at radius 3 is 2.46 bits per heavy atom. The number of H-pyrrole nitrogens is 3. The molecule has 0 fully saturated rings. The van der Waals surface area contributed by atoms with Crippen LogP contribution >= 0.6 is 0 Å². The van der Waals surface area contributed by atoms with Crippen molar-refractivity contribution >= 4 is 73.4 Å². The summed E-state index contributed by atoms with van der Waals surface area (Å²) < 4.78 is 0. The Morgan fingerprint density at radius 1 is 0.744 bits per heavy atom. The van der Waals surface area contributed by atoms with E-state index in [-0.39, 0.29) is 0 Å². The molecule has 8 aromatic rings. The predicted molar refractivity (Wildman–Crippen MR) is 167 cm³/mol. The zero-order valence-electron chi connectivity index (χ0n) is 21.8. The van der Waals surface area contributed by atoms with Crippen molar-refractivity contribution in [3.63, 3.8) is 0 Å². The van der Waals surface area contributed by atoms with Crippen molar-refractivity contribution in [3.8, 4) is 11.4 Å². The normalized spacial score (nSPS) is 11.9. The molecule has 3 aromatic heterocycles. The third-order valence-corrected chi connectivity index (χ3v) is 7.96. The summed E-state index contributed by atoms with van der Waals surface area (Å²) in [6.07, 6.45) is 4.16. The Labute approximate surface area is 225 Å². The summed E-state index contributed by atoms with van der Waals surface area (Å²) in [7, 11) is 2.13. The number of nitrogens with one attached hydrogen (secondary N) is 4. The van der Waals surface area contributed by atoms with Gasteiger partial charge in [-0.3, -0.25) is 0 Å². The molecular weight excluding hydrogens is 477 g/mol. The molecular formula is C33H26BN5. The fourth-order valence-corrected chi connectivity index (χ4v) is 5.98. The van der Waals surface area contributed by atoms with Gasteiger partial charge in [-0.1, -0.05) is 59.6 Å². The molecule has 0 saturated carbocycles. The lowest BCUT2D eigenvalue weighted by Crippen LogP contribution is -1.99. The Bertz CT molecular complexity index is 2220. The first kappa shape index (κ1) is 22.1. The quantitative estimate of drug-likeness (QED) is 0.160. The average Bonchev–Trinajstić information content (AvgIpc) is 3.68. The first-order chi connectivity index (χ1) is 19.1. The van der Waals surface area contributed by atoms with Gasteiger partial charge in [0.25, 0.3) is 0 Å². The van der Waals surface area contributed by atoms with Crippen LogP contribution in [-0.4, -0.2) is 27.8 Å². The maximum atomic E-state index is 5.17. The van der Waals surface area contributed by atoms with Gasteiger partial charge >= 0.3 is 0 Å². The van der Waals surface area contributed by atoms with Crippen LogP contribution in [0.25, 0.3) is 65.8 Å². The van der Waals surface area contributed by atoms with Gasteiger partial charge in [-0.15, -0.1) is 0 Å². The van der Waals surface area contributed by atoms with Gasteiger partial charge in [-0.25, -0.2) is 4.98 Å². The zero-order valence-corrected chi connectivity index (χ0v) is 21.8. The Balaban J connectivity index is 1.28. The fourth-order valence-electron chi connectivity index (χ4n) is 5.98. The second kappa shape index (κ2) is 8.27. The molecule has 6 heteroatoms. The van der Waals surface area contributed by atoms with E-state index in [0.29, 0.717) is 0 Å². The smallest absolute Gasteiger partial charge is 0.140 e. The molecule has 0 saturated heterocycles. The van der Waals surface area contributed by atoms with Crippen molar-refractivity contribution < 1.29 is 0 Å². The van der Waals surface area contributed by atoms with E-state index in [1.807, 2.05) is 0 Å². The first-order valence-electron chi connectivity index (χ1n) is 13.4. The third kappa shape index (κ3) is 3.45. The van der Waals surface area contributed by atoms with Crippen LogP contribution in [0.5, 0.6) is 0 Å². The Kier molecular flexibility index (Phi) is 4.68. The molecule has 186 valence electrons. The maximum Gasteiger partial charge on any atom is 0.140 e. The Morgan fingerprint density at radius 2 is 1.54 bits per heavy atom. The van der Waals surface area contributed by atoms with Gasteiger partial charge < -0.3 is 20.3 Å². The molecule has 4 N–H and O–H groups in total. The van der Waals surface area contributed by atoms with Gasteiger partial charge in [-0.2, -0.15) is 0 Å². The van der Waals surface area contributed by atoms with E-state index in [1.54, 1.807) is 0 Å². The van der Waals surface area contributed by atoms with Crippen LogP contribution in [0.1, 0.15) is 11.1 Å². The van der Waals surface area contributed by atoms with Gasteiger partial charge in [0.1, 0.15) is 13.7 Å². The molecule has 5 nitrogen and oxygen atoms in total. The van der Waals surface area contributed by atoms with E-state index >= 15 is 0 Å². The zero-order chi connectivity index (χ0) is 26.1. The van der Waals surface area contributed by atoms with Gasteiger partial charge in [0, 0.05) is 62.8 Å². The number of aromatic nitrogens is 4. The molecule has 0 aliphatic rings. The molecule has 0 amide bonds. The van der Waals surface area contributed by atoms with Gasteiger partial charge in [0.2, 0.25) is 0 Å². The minimum absolute atomic E-state index is 0.745. The average molecular weight is 503 g/mol. The number of fused-ring (bicyclic) bond motifs is 8. The van der Waals surface area contributed by atoms with E-state index in [1.165, 1.54) is 49.0 Å². The highest BCUT2D eigenvalue weighted by atomic mass is 14.9. The number of benzene rings is 5. The van der Waals surface area contributed by atoms with E-state index in [0.717, 1.165) is 45.6 Å². The van der Waals surface area contributed by atoms with Crippen LogP contribution in [0.15, 0.2) is 91.3 Å². The minimum atomic E-state index is 0.745. The van der Waals surface area contributed by atoms with Crippen molar-refractivity contribution in [2.75, 3.05) is 5.32 Å². The molecule has 5 aromatic carbocycles. The predicted octanol–water partition coefficient (Wildman–Crippen LogP) is 6.68. The van der Waals surface area contributed by atoms with Gasteiger partial charge in [-0.05, 0) is 53.6 Å². The molecule has 39 heavy (non-hydrogen) atoms. The number of hydrogen-bond acceptors (Lipinski definition) is 2. The summed E-state index contributed by atoms with van der Waals surface area (Å²) in [4.78, 5) is 15.7. The molecule has 0 atom stereocenters. The molecule has 0 spiro atoms. The van der Waals surface area contributed by atoms with Gasteiger partial charge in [0.05, 0.1) is 11.0 Å². The number of imidazole rings is 1. The van der Waals surface area contributed by atoms with E-state index in [9.17, 15) is 0 Å². The van der Waals surface area contributed by atoms with Gasteiger partial charge in [0.15, 0.2) is 0 Å². The SMILES string of the molecule is Bc1ccc2[nH]cc(-c3nc4c5ccccc5c5ccc(NCc6c[nH]c7ccc(C)cc67)cc5c4[nH]3)c2c1. The number of aromatic amines is 3. The van der Waals surface area contributed by atoms with Crippen LogP contribution in [0, 0.1) is 6.92 Å². The summed E-state index contributed by atoms with van der Waals surface area (Å²) in [5.41, 5.74) is 10.3. The first-order valence-corrected chi connectivity index (χ1v) is 13.4. The number of aryl methyl sites for hydroxylation is 1. The van der Waals surface area contributed by atoms with Crippen molar-refractivity contribution in [1.82, 2.24) is 19.9 Å². The van der Waals surface area contributed by atoms with Crippen molar-refractivity contribution in [1.29, 1.82) is 0 Å². The maximum absolute atomic E-state index is 5.17. The lowest BCUT2D eigenvalue weighted by Gasteiger charge is -2.10. The Hall–Kier alpha value is -4.97. The highest BCUT2D eigenvalue weighted by Gasteiger charge is 2.16. The largest absolute Gasteiger partial charge is 0.381 e. The lowest BCUT2D eigenvalue weighted by molar-refractivity contribution is 1.16. The standard InChI is InChI=1S/C33H26BN5/c1-18-6-10-29-25(12-18)19(16-36-29)15-35-21-8-9-23-22-4-2-3-5-24(22)31-32(27(23)14-21)39-33(38-31)28-17-37-30-11-7-20(34)13-26(28)30/h2-14,16-17,35-37H,15,34H2,1H3,(H,38,39). The second-order valence-corrected chi connectivity index (χ2v) is 10.6. The number of anilines is 1. The van der Waals surface area contributed by atoms with E-state index in [2.05, 4.69) is 126 Å². The molecule has 0 aliphatic heterocycles. The third-order valence-electron chi connectivity index (χ3n) is 7.96. The minimum Gasteiger partial charge on any atom is -0.381 e. The van der Waals surface area contributed by atoms with Crippen molar-refractivity contribution in [2.24, 2.45) is 0 Å². The topological polar surface area (TPSA) is 72.3 Å². The van der Waals surface area contributed by atoms with Crippen LogP contribution in [0.3, 0.4) is 0 Å². The molecule has 8 rings (SSSR count). The monoisotopic (exact) mass is 503 g/mol. The van der Waals surface area contributed by atoms with Crippen LogP contribution < -0.4 is 10.8 Å². The molecule has 0 unspecified atom stereocenters. The lowest BCUT2D eigenvalue weighted by atomic mass is 9.94. The summed E-state index contributed by atoms with van der Waals surface area (Å²) in [6.45, 7) is 2.88. The molecule has 0 bridgehead atoms. The summed E-state index contributed by atoms with van der Waals surface area (Å²) in [5, 5.41) is 10.9. The van der Waals surface area contributed by atoms with E-state index < -0.39 is 0 Å². The molecule has 0 radical (unpaired) electrons. The van der Waals surface area contributed by atoms with Crippen LogP contribution in [0.4, 0.5) is 5.69 Å². The highest BCUT2D eigenvalue weighted by molar-refractivity contribution is 6.33. The summed E-state index contributed by atoms with van der Waals surface area (Å²) >= 11 is 0. The second-order valence-electron chi connectivity index (χ2n) is 10.6. The molecule has 3 heterocycles. The van der Waals surface area contributed by atoms with Crippen LogP contribution in [-0.2, 0) is 6.54 Å². The number of rotatable bonds is 4. The number of nitrogens with zero attached hydrogens (tertiary/aromatic N) is 1. The highest BCUT2D eigenvalue weighted by Crippen LogP contribution is 2.37. The van der Waals surface area contributed by atoms with E-state index in [4.69, 9.17) is 4.98 Å². The summed E-state index contributed by atoms with van der Waals surface area (Å²) in [5.74, 6) is 0.882. The number of hydrogen-bond donors (Lipinski definition) is 4. The van der Waals surface area contributed by atoms with Crippen molar-refractivity contribution in [2.45, 2.75) is 13.5 Å². The van der Waals surface area contributed by atoms with Crippen LogP contribution in [0.2, 0.25) is 0 Å². The van der Waals surface area contributed by atoms with Crippen molar-refractivity contribution in [3.05, 3.63) is 102 Å².